The van der Waals surface area contributed by atoms with Gasteiger partial charge in [-0.1, -0.05) is 0 Å². The van der Waals surface area contributed by atoms with Crippen molar-refractivity contribution in [3.63, 3.8) is 0 Å². The highest BCUT2D eigenvalue weighted by Crippen LogP contribution is 2.22. The van der Waals surface area contributed by atoms with Crippen LogP contribution in [-0.2, 0) is 0 Å². The van der Waals surface area contributed by atoms with Gasteiger partial charge < -0.3 is 10.5 Å². The molecule has 1 aromatic carbocycles. The van der Waals surface area contributed by atoms with Crippen LogP contribution in [0.2, 0.25) is 0 Å². The second kappa shape index (κ2) is 6.03. The Kier molecular flexibility index (Phi) is 4.99. The first-order valence-corrected chi connectivity index (χ1v) is 6.21. The minimum atomic E-state index is 0.229. The summed E-state index contributed by atoms with van der Waals surface area (Å²) in [6.07, 6.45) is 0.229. The Bertz CT molecular complexity index is 282. The molecule has 0 aliphatic carbocycles. The Morgan fingerprint density at radius 2 is 1.80 bits per heavy atom. The zero-order valence-electron chi connectivity index (χ0n) is 9.57. The monoisotopic (exact) mass is 225 g/mol. The summed E-state index contributed by atoms with van der Waals surface area (Å²) in [5.74, 6) is 1.87. The van der Waals surface area contributed by atoms with Crippen LogP contribution < -0.4 is 10.5 Å². The Balaban J connectivity index is 2.49. The third-order valence-electron chi connectivity index (χ3n) is 1.71. The van der Waals surface area contributed by atoms with Crippen molar-refractivity contribution in [2.24, 2.45) is 5.73 Å². The average molecular weight is 225 g/mol. The van der Waals surface area contributed by atoms with E-state index < -0.39 is 0 Å². The van der Waals surface area contributed by atoms with E-state index in [9.17, 15) is 0 Å². The number of ether oxygens (including phenoxy) is 1. The second-order valence-corrected chi connectivity index (χ2v) is 5.02. The van der Waals surface area contributed by atoms with Crippen LogP contribution in [0.4, 0.5) is 0 Å². The van der Waals surface area contributed by atoms with Crippen molar-refractivity contribution in [1.82, 2.24) is 0 Å². The molecule has 0 saturated carbocycles. The first kappa shape index (κ1) is 12.4. The van der Waals surface area contributed by atoms with E-state index in [1.165, 1.54) is 4.90 Å². The van der Waals surface area contributed by atoms with E-state index in [-0.39, 0.29) is 12.1 Å². The molecule has 15 heavy (non-hydrogen) atoms. The molecule has 0 amide bonds. The first-order chi connectivity index (χ1) is 7.08. The summed E-state index contributed by atoms with van der Waals surface area (Å²) in [5, 5.41) is 0. The molecule has 0 aromatic heterocycles. The highest BCUT2D eigenvalue weighted by molar-refractivity contribution is 7.99. The summed E-state index contributed by atoms with van der Waals surface area (Å²) in [5.41, 5.74) is 5.69. The van der Waals surface area contributed by atoms with E-state index in [0.29, 0.717) is 0 Å². The predicted molar refractivity (Wildman–Crippen MR) is 66.6 cm³/mol. The first-order valence-electron chi connectivity index (χ1n) is 5.23. The van der Waals surface area contributed by atoms with Crippen LogP contribution in [0, 0.1) is 0 Å². The van der Waals surface area contributed by atoms with Crippen LogP contribution in [0.25, 0.3) is 0 Å². The third-order valence-corrected chi connectivity index (χ3v) is 3.01. The quantitative estimate of drug-likeness (QED) is 0.783. The fourth-order valence-electron chi connectivity index (χ4n) is 1.11. The van der Waals surface area contributed by atoms with Gasteiger partial charge in [0.1, 0.15) is 5.75 Å². The molecule has 84 valence electrons. The summed E-state index contributed by atoms with van der Waals surface area (Å²) in [4.78, 5) is 1.24. The third kappa shape index (κ3) is 5.09. The summed E-state index contributed by atoms with van der Waals surface area (Å²) >= 11 is 1.78. The van der Waals surface area contributed by atoms with Gasteiger partial charge in [0.25, 0.3) is 0 Å². The lowest BCUT2D eigenvalue weighted by Crippen LogP contribution is -2.17. The zero-order valence-corrected chi connectivity index (χ0v) is 10.4. The topological polar surface area (TPSA) is 35.2 Å². The van der Waals surface area contributed by atoms with Crippen molar-refractivity contribution in [1.29, 1.82) is 0 Å². The predicted octanol–water partition coefficient (Wildman–Crippen LogP) is 2.91. The van der Waals surface area contributed by atoms with Crippen molar-refractivity contribution in [2.45, 2.75) is 37.8 Å². The van der Waals surface area contributed by atoms with Crippen LogP contribution >= 0.6 is 11.8 Å². The molecule has 3 heteroatoms. The Morgan fingerprint density at radius 3 is 2.27 bits per heavy atom. The number of rotatable bonds is 5. The van der Waals surface area contributed by atoms with Crippen LogP contribution in [0.15, 0.2) is 29.2 Å². The van der Waals surface area contributed by atoms with Gasteiger partial charge in [-0.25, -0.2) is 0 Å². The molecular weight excluding hydrogens is 206 g/mol. The van der Waals surface area contributed by atoms with Crippen molar-refractivity contribution >= 4 is 11.8 Å². The van der Waals surface area contributed by atoms with Crippen molar-refractivity contribution in [2.75, 3.05) is 5.75 Å². The van der Waals surface area contributed by atoms with Gasteiger partial charge in [-0.05, 0) is 45.0 Å². The van der Waals surface area contributed by atoms with Crippen LogP contribution in [-0.4, -0.2) is 17.9 Å². The van der Waals surface area contributed by atoms with Crippen molar-refractivity contribution in [3.8, 4) is 5.75 Å². The lowest BCUT2D eigenvalue weighted by molar-refractivity contribution is 0.242. The number of hydrogen-bond donors (Lipinski definition) is 1. The fourth-order valence-corrected chi connectivity index (χ4v) is 1.90. The second-order valence-electron chi connectivity index (χ2n) is 3.93. The average Bonchev–Trinajstić information content (AvgIpc) is 2.16. The molecule has 1 rings (SSSR count). The van der Waals surface area contributed by atoms with Gasteiger partial charge in [-0.15, -0.1) is 11.8 Å². The van der Waals surface area contributed by atoms with E-state index in [2.05, 4.69) is 12.1 Å². The highest BCUT2D eigenvalue weighted by atomic mass is 32.2. The van der Waals surface area contributed by atoms with Crippen LogP contribution in [0.5, 0.6) is 5.75 Å². The van der Waals surface area contributed by atoms with Crippen LogP contribution in [0.3, 0.4) is 0 Å². The molecule has 0 aliphatic rings. The summed E-state index contributed by atoms with van der Waals surface area (Å²) in [6, 6.07) is 8.39. The number of nitrogens with two attached hydrogens (primary N) is 1. The van der Waals surface area contributed by atoms with E-state index in [1.54, 1.807) is 11.8 Å². The maximum absolute atomic E-state index is 5.69. The van der Waals surface area contributed by atoms with Gasteiger partial charge in [0, 0.05) is 16.7 Å². The van der Waals surface area contributed by atoms with Gasteiger partial charge in [0.15, 0.2) is 0 Å². The molecule has 0 heterocycles. The van der Waals surface area contributed by atoms with E-state index >= 15 is 0 Å². The molecular formula is C12H19NOS. The maximum atomic E-state index is 5.69. The maximum Gasteiger partial charge on any atom is 0.119 e. The molecule has 0 aliphatic heterocycles. The minimum absolute atomic E-state index is 0.229. The Morgan fingerprint density at radius 1 is 1.20 bits per heavy atom. The molecule has 2 N–H and O–H groups in total. The van der Waals surface area contributed by atoms with Crippen LogP contribution in [0.1, 0.15) is 20.8 Å². The number of benzene rings is 1. The Hall–Kier alpha value is -0.670. The highest BCUT2D eigenvalue weighted by Gasteiger charge is 2.00. The summed E-state index contributed by atoms with van der Waals surface area (Å²) in [7, 11) is 0. The molecule has 0 saturated heterocycles. The molecule has 0 spiro atoms. The molecule has 1 atom stereocenters. The fraction of sp³-hybridized carbons (Fsp3) is 0.500. The summed E-state index contributed by atoms with van der Waals surface area (Å²) < 4.78 is 5.56. The Labute approximate surface area is 96.2 Å². The number of thioether (sulfide) groups is 1. The zero-order chi connectivity index (χ0) is 11.3. The van der Waals surface area contributed by atoms with Gasteiger partial charge in [-0.2, -0.15) is 0 Å². The lowest BCUT2D eigenvalue weighted by atomic mass is 10.3. The molecule has 0 bridgehead atoms. The lowest BCUT2D eigenvalue weighted by Gasteiger charge is -2.10. The van der Waals surface area contributed by atoms with Gasteiger partial charge in [0.2, 0.25) is 0 Å². The molecule has 0 radical (unpaired) electrons. The van der Waals surface area contributed by atoms with Crippen molar-refractivity contribution < 1.29 is 4.74 Å². The number of hydrogen-bond acceptors (Lipinski definition) is 3. The van der Waals surface area contributed by atoms with E-state index in [4.69, 9.17) is 10.5 Å². The summed E-state index contributed by atoms with van der Waals surface area (Å²) in [6.45, 7) is 6.07. The van der Waals surface area contributed by atoms with E-state index in [1.807, 2.05) is 32.9 Å². The molecule has 1 unspecified atom stereocenters. The smallest absolute Gasteiger partial charge is 0.119 e. The SMILES string of the molecule is CC(N)CSc1ccc(OC(C)C)cc1. The molecule has 2 nitrogen and oxygen atoms in total. The standard InChI is InChI=1S/C12H19NOS/c1-9(2)14-11-4-6-12(7-5-11)15-8-10(3)13/h4-7,9-10H,8,13H2,1-3H3. The molecule has 1 aromatic rings. The van der Waals surface area contributed by atoms with E-state index in [0.717, 1.165) is 11.5 Å². The largest absolute Gasteiger partial charge is 0.491 e. The minimum Gasteiger partial charge on any atom is -0.491 e. The van der Waals surface area contributed by atoms with Gasteiger partial charge in [-0.3, -0.25) is 0 Å². The van der Waals surface area contributed by atoms with Crippen molar-refractivity contribution in [3.05, 3.63) is 24.3 Å². The van der Waals surface area contributed by atoms with Gasteiger partial charge >= 0.3 is 0 Å². The normalized spacial score (nSPS) is 12.9. The molecule has 0 fully saturated rings. The van der Waals surface area contributed by atoms with Gasteiger partial charge in [0.05, 0.1) is 6.10 Å².